The highest BCUT2D eigenvalue weighted by molar-refractivity contribution is 5.75. The molecule has 3 rings (SSSR count). The second-order valence-electron chi connectivity index (χ2n) is 7.64. The van der Waals surface area contributed by atoms with Crippen molar-refractivity contribution < 1.29 is 18.0 Å². The third kappa shape index (κ3) is 3.91. The number of carbonyl (C=O) groups excluding carboxylic acids is 1. The van der Waals surface area contributed by atoms with Gasteiger partial charge < -0.3 is 10.2 Å². The standard InChI is InChI=1S/C18H22F3N5O/c1-17(2,3)25(4)16(27)23-13-5-6-14-12(13)10-26(24-14)11-7-8-22-15(9-11)18(19,20)21/h7-10,13H,5-6H2,1-4H3,(H,23,27). The minimum absolute atomic E-state index is 0.198. The number of pyridine rings is 1. The smallest absolute Gasteiger partial charge is 0.331 e. The molecule has 27 heavy (non-hydrogen) atoms. The van der Waals surface area contributed by atoms with Crippen LogP contribution in [0.15, 0.2) is 24.5 Å². The number of nitrogens with zero attached hydrogens (tertiary/aromatic N) is 4. The van der Waals surface area contributed by atoms with E-state index in [0.717, 1.165) is 23.5 Å². The number of amides is 2. The Morgan fingerprint density at radius 2 is 2.04 bits per heavy atom. The molecule has 6 nitrogen and oxygen atoms in total. The molecule has 2 aromatic rings. The maximum Gasteiger partial charge on any atom is 0.433 e. The van der Waals surface area contributed by atoms with Gasteiger partial charge in [0.25, 0.3) is 0 Å². The first-order chi connectivity index (χ1) is 12.5. The summed E-state index contributed by atoms with van der Waals surface area (Å²) in [5, 5.41) is 7.38. The van der Waals surface area contributed by atoms with Crippen LogP contribution in [-0.4, -0.2) is 38.3 Å². The Hall–Kier alpha value is -2.58. The van der Waals surface area contributed by atoms with Gasteiger partial charge in [-0.3, -0.25) is 4.98 Å². The number of fused-ring (bicyclic) bond motifs is 1. The molecule has 0 bridgehead atoms. The van der Waals surface area contributed by atoms with E-state index in [1.165, 1.54) is 10.7 Å². The zero-order valence-electron chi connectivity index (χ0n) is 15.6. The normalized spacial score (nSPS) is 16.9. The number of aromatic nitrogens is 3. The Morgan fingerprint density at radius 1 is 1.33 bits per heavy atom. The van der Waals surface area contributed by atoms with Crippen LogP contribution in [0.2, 0.25) is 0 Å². The molecule has 0 fully saturated rings. The van der Waals surface area contributed by atoms with E-state index in [1.807, 2.05) is 20.8 Å². The molecule has 146 valence electrons. The lowest BCUT2D eigenvalue weighted by atomic mass is 10.1. The average molecular weight is 381 g/mol. The van der Waals surface area contributed by atoms with Gasteiger partial charge >= 0.3 is 12.2 Å². The number of alkyl halides is 3. The Balaban J connectivity index is 1.82. The number of hydrogen-bond donors (Lipinski definition) is 1. The molecule has 0 saturated heterocycles. The molecular formula is C18H22F3N5O. The minimum Gasteiger partial charge on any atom is -0.331 e. The van der Waals surface area contributed by atoms with E-state index >= 15 is 0 Å². The number of urea groups is 1. The maximum absolute atomic E-state index is 12.9. The van der Waals surface area contributed by atoms with Crippen molar-refractivity contribution in [2.45, 2.75) is 51.4 Å². The van der Waals surface area contributed by atoms with Gasteiger partial charge in [0.05, 0.1) is 17.4 Å². The van der Waals surface area contributed by atoms with Crippen molar-refractivity contribution in [1.29, 1.82) is 0 Å². The third-order valence-corrected chi connectivity index (χ3v) is 4.78. The summed E-state index contributed by atoms with van der Waals surface area (Å²) in [6, 6.07) is 2.02. The van der Waals surface area contributed by atoms with E-state index in [2.05, 4.69) is 15.4 Å². The van der Waals surface area contributed by atoms with Crippen LogP contribution >= 0.6 is 0 Å². The van der Waals surface area contributed by atoms with E-state index in [4.69, 9.17) is 0 Å². The monoisotopic (exact) mass is 381 g/mol. The first kappa shape index (κ1) is 19.2. The zero-order valence-corrected chi connectivity index (χ0v) is 15.6. The van der Waals surface area contributed by atoms with Gasteiger partial charge in [-0.2, -0.15) is 18.3 Å². The summed E-state index contributed by atoms with van der Waals surface area (Å²) in [5.41, 5.74) is 0.608. The average Bonchev–Trinajstić information content (AvgIpc) is 3.14. The molecule has 0 saturated carbocycles. The second kappa shape index (κ2) is 6.54. The second-order valence-corrected chi connectivity index (χ2v) is 7.64. The van der Waals surface area contributed by atoms with Crippen LogP contribution in [0.3, 0.4) is 0 Å². The summed E-state index contributed by atoms with van der Waals surface area (Å²) in [6.07, 6.45) is -0.349. The van der Waals surface area contributed by atoms with Gasteiger partial charge in [0.2, 0.25) is 0 Å². The fourth-order valence-electron chi connectivity index (χ4n) is 2.89. The number of rotatable bonds is 2. The topological polar surface area (TPSA) is 63.1 Å². The Labute approximate surface area is 155 Å². The fraction of sp³-hybridized carbons (Fsp3) is 0.500. The molecule has 1 unspecified atom stereocenters. The van der Waals surface area contributed by atoms with Crippen LogP contribution in [0.1, 0.15) is 50.2 Å². The van der Waals surface area contributed by atoms with E-state index in [0.29, 0.717) is 12.8 Å². The van der Waals surface area contributed by atoms with E-state index in [1.54, 1.807) is 18.1 Å². The van der Waals surface area contributed by atoms with Gasteiger partial charge in [-0.1, -0.05) is 0 Å². The van der Waals surface area contributed by atoms with Crippen LogP contribution < -0.4 is 5.32 Å². The van der Waals surface area contributed by atoms with Crippen molar-refractivity contribution in [2.75, 3.05) is 7.05 Å². The molecule has 1 aliphatic rings. The summed E-state index contributed by atoms with van der Waals surface area (Å²) in [6.45, 7) is 5.81. The molecule has 2 heterocycles. The molecule has 0 aliphatic heterocycles. The molecule has 0 radical (unpaired) electrons. The molecular weight excluding hydrogens is 359 g/mol. The quantitative estimate of drug-likeness (QED) is 0.863. The van der Waals surface area contributed by atoms with E-state index in [9.17, 15) is 18.0 Å². The summed E-state index contributed by atoms with van der Waals surface area (Å²) in [7, 11) is 1.73. The molecule has 9 heteroatoms. The third-order valence-electron chi connectivity index (χ3n) is 4.78. The van der Waals surface area contributed by atoms with Gasteiger partial charge in [0.1, 0.15) is 5.69 Å². The first-order valence-corrected chi connectivity index (χ1v) is 8.63. The van der Waals surface area contributed by atoms with Crippen molar-refractivity contribution in [3.63, 3.8) is 0 Å². The van der Waals surface area contributed by atoms with Gasteiger partial charge in [0.15, 0.2) is 0 Å². The summed E-state index contributed by atoms with van der Waals surface area (Å²) in [4.78, 5) is 17.4. The number of halogens is 3. The molecule has 0 spiro atoms. The SMILES string of the molecule is CN(C(=O)NC1CCc2nn(-c3ccnc(C(F)(F)F)c3)cc21)C(C)(C)C. The lowest BCUT2D eigenvalue weighted by Gasteiger charge is -2.33. The summed E-state index contributed by atoms with van der Waals surface area (Å²) in [5.74, 6) is 0. The van der Waals surface area contributed by atoms with Gasteiger partial charge in [-0.25, -0.2) is 9.48 Å². The molecule has 1 aliphatic carbocycles. The zero-order chi connectivity index (χ0) is 20.0. The van der Waals surface area contributed by atoms with E-state index < -0.39 is 11.9 Å². The highest BCUT2D eigenvalue weighted by atomic mass is 19.4. The summed E-state index contributed by atoms with van der Waals surface area (Å²) >= 11 is 0. The first-order valence-electron chi connectivity index (χ1n) is 8.63. The molecule has 1 atom stereocenters. The van der Waals surface area contributed by atoms with Crippen molar-refractivity contribution in [3.8, 4) is 5.69 Å². The minimum atomic E-state index is -4.51. The van der Waals surface area contributed by atoms with Gasteiger partial charge in [0, 0.05) is 30.5 Å². The van der Waals surface area contributed by atoms with Crippen molar-refractivity contribution in [1.82, 2.24) is 25.0 Å². The fourth-order valence-corrected chi connectivity index (χ4v) is 2.89. The van der Waals surface area contributed by atoms with Crippen LogP contribution in [0, 0.1) is 0 Å². The lowest BCUT2D eigenvalue weighted by molar-refractivity contribution is -0.141. The lowest BCUT2D eigenvalue weighted by Crippen LogP contribution is -2.48. The predicted molar refractivity (Wildman–Crippen MR) is 93.5 cm³/mol. The van der Waals surface area contributed by atoms with E-state index in [-0.39, 0.29) is 23.3 Å². The molecule has 2 aromatic heterocycles. The van der Waals surface area contributed by atoms with Crippen molar-refractivity contribution >= 4 is 6.03 Å². The van der Waals surface area contributed by atoms with Crippen LogP contribution in [0.25, 0.3) is 5.69 Å². The van der Waals surface area contributed by atoms with Gasteiger partial charge in [-0.05, 0) is 45.7 Å². The summed E-state index contributed by atoms with van der Waals surface area (Å²) < 4.78 is 40.0. The largest absolute Gasteiger partial charge is 0.433 e. The number of aryl methyl sites for hydroxylation is 1. The highest BCUT2D eigenvalue weighted by Crippen LogP contribution is 2.32. The molecule has 0 aromatic carbocycles. The van der Waals surface area contributed by atoms with Crippen LogP contribution in [0.4, 0.5) is 18.0 Å². The van der Waals surface area contributed by atoms with Crippen LogP contribution in [-0.2, 0) is 12.6 Å². The van der Waals surface area contributed by atoms with Crippen LogP contribution in [0.5, 0.6) is 0 Å². The van der Waals surface area contributed by atoms with Crippen molar-refractivity contribution in [2.24, 2.45) is 0 Å². The number of carbonyl (C=O) groups is 1. The number of nitrogens with one attached hydrogen (secondary N) is 1. The van der Waals surface area contributed by atoms with Gasteiger partial charge in [-0.15, -0.1) is 0 Å². The Morgan fingerprint density at radius 3 is 2.67 bits per heavy atom. The predicted octanol–water partition coefficient (Wildman–Crippen LogP) is 3.71. The molecule has 2 amide bonds. The molecule has 1 N–H and O–H groups in total. The number of hydrogen-bond acceptors (Lipinski definition) is 3. The Kier molecular flexibility index (Phi) is 4.65. The maximum atomic E-state index is 12.9. The Bertz CT molecular complexity index is 853. The van der Waals surface area contributed by atoms with Crippen molar-refractivity contribution in [3.05, 3.63) is 41.5 Å². The highest BCUT2D eigenvalue weighted by Gasteiger charge is 2.33.